The fourth-order valence-electron chi connectivity index (χ4n) is 4.37. The molecule has 2 aliphatic carbocycles. The highest BCUT2D eigenvalue weighted by Gasteiger charge is 2.57. The van der Waals surface area contributed by atoms with Crippen LogP contribution in [-0.2, 0) is 18.4 Å². The average Bonchev–Trinajstić information content (AvgIpc) is 2.97. The number of amides is 2. The molecule has 4 rings (SSSR count). The summed E-state index contributed by atoms with van der Waals surface area (Å²) < 4.78 is 2.10. The maximum atomic E-state index is 12.0. The molecule has 25 heavy (non-hydrogen) atoms. The van der Waals surface area contributed by atoms with E-state index < -0.39 is 0 Å². The number of hydrogen-bond donors (Lipinski definition) is 2. The van der Waals surface area contributed by atoms with Crippen molar-refractivity contribution in [2.45, 2.75) is 44.6 Å². The third-order valence-electron chi connectivity index (χ3n) is 5.92. The number of rotatable bonds is 6. The Morgan fingerprint density at radius 2 is 2.24 bits per heavy atom. The molecule has 1 heterocycles. The summed E-state index contributed by atoms with van der Waals surface area (Å²) >= 11 is 0. The second-order valence-corrected chi connectivity index (χ2v) is 7.37. The highest BCUT2D eigenvalue weighted by molar-refractivity contribution is 5.73. The Kier molecular flexibility index (Phi) is 4.24. The molecule has 1 saturated carbocycles. The predicted octanol–water partition coefficient (Wildman–Crippen LogP) is 2.78. The zero-order chi connectivity index (χ0) is 17.3. The van der Waals surface area contributed by atoms with Crippen LogP contribution in [0.3, 0.4) is 0 Å². The van der Waals surface area contributed by atoms with Crippen LogP contribution in [0.2, 0.25) is 0 Å². The van der Waals surface area contributed by atoms with Crippen LogP contribution in [0.4, 0.5) is 4.79 Å². The average molecular weight is 338 g/mol. The van der Waals surface area contributed by atoms with Gasteiger partial charge in [-0.05, 0) is 49.7 Å². The summed E-state index contributed by atoms with van der Waals surface area (Å²) in [4.78, 5) is 16.2. The highest BCUT2D eigenvalue weighted by Crippen LogP contribution is 2.61. The van der Waals surface area contributed by atoms with Crippen LogP contribution in [0.5, 0.6) is 0 Å². The first-order chi connectivity index (χ1) is 12.2. The molecule has 1 fully saturated rings. The van der Waals surface area contributed by atoms with Crippen LogP contribution in [0, 0.1) is 12.8 Å². The van der Waals surface area contributed by atoms with Gasteiger partial charge in [0.25, 0.3) is 0 Å². The summed E-state index contributed by atoms with van der Waals surface area (Å²) in [5.41, 5.74) is 3.38. The Balaban J connectivity index is 1.18. The van der Waals surface area contributed by atoms with Crippen molar-refractivity contribution in [2.24, 2.45) is 5.92 Å². The monoisotopic (exact) mass is 338 g/mol. The molecule has 5 nitrogen and oxygen atoms in total. The van der Waals surface area contributed by atoms with Gasteiger partial charge in [-0.15, -0.1) is 0 Å². The molecule has 0 unspecified atom stereocenters. The summed E-state index contributed by atoms with van der Waals surface area (Å²) in [6.07, 6.45) is 8.33. The van der Waals surface area contributed by atoms with E-state index in [2.05, 4.69) is 44.5 Å². The number of benzene rings is 1. The number of imidazole rings is 1. The van der Waals surface area contributed by atoms with Crippen molar-refractivity contribution in [3.63, 3.8) is 0 Å². The number of nitrogens with zero attached hydrogens (tertiary/aromatic N) is 2. The molecule has 132 valence electrons. The van der Waals surface area contributed by atoms with E-state index in [0.29, 0.717) is 17.9 Å². The molecule has 2 atom stereocenters. The van der Waals surface area contributed by atoms with E-state index in [-0.39, 0.29) is 6.03 Å². The van der Waals surface area contributed by atoms with Crippen molar-refractivity contribution in [1.82, 2.24) is 20.2 Å². The molecule has 2 N–H and O–H groups in total. The maximum Gasteiger partial charge on any atom is 0.314 e. The molecule has 2 aliphatic rings. The normalized spacial score (nSPS) is 23.5. The van der Waals surface area contributed by atoms with Gasteiger partial charge in [0.05, 0.1) is 0 Å². The minimum absolute atomic E-state index is 0.0457. The number of fused-ring (bicyclic) bond motifs is 2. The molecule has 0 bridgehead atoms. The fraction of sp³-hybridized carbons (Fsp3) is 0.500. The Bertz CT molecular complexity index is 769. The van der Waals surface area contributed by atoms with Crippen LogP contribution in [-0.4, -0.2) is 28.7 Å². The molecule has 0 radical (unpaired) electrons. The van der Waals surface area contributed by atoms with Gasteiger partial charge in [-0.2, -0.15) is 0 Å². The van der Waals surface area contributed by atoms with Gasteiger partial charge in [0.2, 0.25) is 0 Å². The first-order valence-electron chi connectivity index (χ1n) is 9.27. The number of aromatic nitrogens is 2. The molecule has 5 heteroatoms. The van der Waals surface area contributed by atoms with Gasteiger partial charge in [0, 0.05) is 37.4 Å². The van der Waals surface area contributed by atoms with Gasteiger partial charge in [-0.1, -0.05) is 24.3 Å². The number of carbonyl (C=O) groups is 1. The summed E-state index contributed by atoms with van der Waals surface area (Å²) in [6.45, 7) is 4.34. The number of urea groups is 1. The van der Waals surface area contributed by atoms with Gasteiger partial charge in [-0.3, -0.25) is 0 Å². The molecule has 1 spiro atoms. The second kappa shape index (κ2) is 6.54. The smallest absolute Gasteiger partial charge is 0.314 e. The van der Waals surface area contributed by atoms with Gasteiger partial charge >= 0.3 is 6.03 Å². The standard InChI is InChI=1S/C20H26N4O/c1-15-21-10-12-24(15)11-4-9-22-19(25)23-14-17-13-20(17)8-7-16-5-2-3-6-18(16)20/h2-3,5-6,10,12,17H,4,7-9,11,13-14H2,1H3,(H2,22,23,25)/t17-,20-/m0/s1. The fourth-order valence-corrected chi connectivity index (χ4v) is 4.37. The van der Waals surface area contributed by atoms with E-state index in [1.807, 2.05) is 19.3 Å². The minimum atomic E-state index is -0.0457. The lowest BCUT2D eigenvalue weighted by Gasteiger charge is -2.13. The van der Waals surface area contributed by atoms with E-state index in [1.165, 1.54) is 30.4 Å². The lowest BCUT2D eigenvalue weighted by molar-refractivity contribution is 0.240. The molecule has 2 aromatic rings. The van der Waals surface area contributed by atoms with E-state index in [4.69, 9.17) is 0 Å². The first kappa shape index (κ1) is 16.2. The Morgan fingerprint density at radius 1 is 1.36 bits per heavy atom. The van der Waals surface area contributed by atoms with Crippen LogP contribution < -0.4 is 10.6 Å². The highest BCUT2D eigenvalue weighted by atomic mass is 16.2. The lowest BCUT2D eigenvalue weighted by Crippen LogP contribution is -2.38. The molecule has 0 saturated heterocycles. The van der Waals surface area contributed by atoms with Crippen molar-refractivity contribution in [1.29, 1.82) is 0 Å². The molecular formula is C20H26N4O. The quantitative estimate of drug-likeness (QED) is 0.796. The van der Waals surface area contributed by atoms with Gasteiger partial charge in [0.15, 0.2) is 0 Å². The van der Waals surface area contributed by atoms with E-state index in [0.717, 1.165) is 25.3 Å². The third kappa shape index (κ3) is 3.15. The lowest BCUT2D eigenvalue weighted by atomic mass is 9.95. The minimum Gasteiger partial charge on any atom is -0.338 e. The summed E-state index contributed by atoms with van der Waals surface area (Å²) in [5.74, 6) is 1.61. The van der Waals surface area contributed by atoms with Crippen molar-refractivity contribution >= 4 is 6.03 Å². The van der Waals surface area contributed by atoms with Crippen molar-refractivity contribution < 1.29 is 4.79 Å². The van der Waals surface area contributed by atoms with Crippen molar-refractivity contribution in [3.8, 4) is 0 Å². The van der Waals surface area contributed by atoms with Crippen molar-refractivity contribution in [3.05, 3.63) is 53.6 Å². The summed E-state index contributed by atoms with van der Waals surface area (Å²) in [5, 5.41) is 6.02. The van der Waals surface area contributed by atoms with E-state index >= 15 is 0 Å². The van der Waals surface area contributed by atoms with Crippen LogP contribution in [0.25, 0.3) is 0 Å². The number of carbonyl (C=O) groups excluding carboxylic acids is 1. The van der Waals surface area contributed by atoms with Crippen LogP contribution >= 0.6 is 0 Å². The third-order valence-corrected chi connectivity index (χ3v) is 5.92. The molecule has 0 aliphatic heterocycles. The number of aryl methyl sites for hydroxylation is 3. The number of nitrogens with one attached hydrogen (secondary N) is 2. The molecule has 1 aromatic carbocycles. The van der Waals surface area contributed by atoms with Gasteiger partial charge < -0.3 is 15.2 Å². The van der Waals surface area contributed by atoms with E-state index in [1.54, 1.807) is 0 Å². The summed E-state index contributed by atoms with van der Waals surface area (Å²) in [7, 11) is 0. The zero-order valence-electron chi connectivity index (χ0n) is 14.8. The SMILES string of the molecule is Cc1nccn1CCCNC(=O)NC[C@@H]1C[C@@]12CCc1ccccc12. The molecule has 1 aromatic heterocycles. The molecule has 2 amide bonds. The van der Waals surface area contributed by atoms with Gasteiger partial charge in [-0.25, -0.2) is 9.78 Å². The van der Waals surface area contributed by atoms with Crippen LogP contribution in [0.15, 0.2) is 36.7 Å². The van der Waals surface area contributed by atoms with Crippen LogP contribution in [0.1, 0.15) is 36.2 Å². The second-order valence-electron chi connectivity index (χ2n) is 7.37. The topological polar surface area (TPSA) is 59.0 Å². The van der Waals surface area contributed by atoms with E-state index in [9.17, 15) is 4.79 Å². The largest absolute Gasteiger partial charge is 0.338 e. The number of hydrogen-bond acceptors (Lipinski definition) is 2. The van der Waals surface area contributed by atoms with Gasteiger partial charge in [0.1, 0.15) is 5.82 Å². The molecular weight excluding hydrogens is 312 g/mol. The Morgan fingerprint density at radius 3 is 3.08 bits per heavy atom. The Hall–Kier alpha value is -2.30. The van der Waals surface area contributed by atoms with Crippen molar-refractivity contribution in [2.75, 3.05) is 13.1 Å². The predicted molar refractivity (Wildman–Crippen MR) is 97.5 cm³/mol. The first-order valence-corrected chi connectivity index (χ1v) is 9.27. The summed E-state index contributed by atoms with van der Waals surface area (Å²) in [6, 6.07) is 8.76. The maximum absolute atomic E-state index is 12.0. The Labute approximate surface area is 148 Å². The zero-order valence-corrected chi connectivity index (χ0v) is 14.8.